The third kappa shape index (κ3) is 3.60. The predicted molar refractivity (Wildman–Crippen MR) is 85.2 cm³/mol. The van der Waals surface area contributed by atoms with Crippen LogP contribution in [-0.4, -0.2) is 25.5 Å². The quantitative estimate of drug-likeness (QED) is 0.680. The fraction of sp³-hybridized carbons (Fsp3) is 0.176. The zero-order valence-corrected chi connectivity index (χ0v) is 12.6. The lowest BCUT2D eigenvalue weighted by atomic mass is 10.2. The number of carbonyl (C=O) groups excluding carboxylic acids is 1. The van der Waals surface area contributed by atoms with E-state index in [4.69, 9.17) is 14.2 Å². The second-order valence-electron chi connectivity index (χ2n) is 4.77. The van der Waals surface area contributed by atoms with E-state index in [1.165, 1.54) is 0 Å². The largest absolute Gasteiger partial charge is 0.494 e. The standard InChI is InChI=1S/C17H16N2O4/c1-2-21-14-5-3-4-12(8-14)10-18-19-17(20)13-6-7-15-16(9-13)23-11-22-15/h3-10H,2,11H2,1H3,(H,19,20)/b18-10+. The summed E-state index contributed by atoms with van der Waals surface area (Å²) in [4.78, 5) is 12.1. The smallest absolute Gasteiger partial charge is 0.271 e. The Kier molecular flexibility index (Phi) is 4.42. The molecule has 0 aromatic heterocycles. The molecule has 0 atom stereocenters. The number of nitrogens with one attached hydrogen (secondary N) is 1. The monoisotopic (exact) mass is 312 g/mol. The first kappa shape index (κ1) is 14.9. The van der Waals surface area contributed by atoms with Crippen molar-refractivity contribution in [3.63, 3.8) is 0 Å². The number of rotatable bonds is 5. The molecule has 0 radical (unpaired) electrons. The van der Waals surface area contributed by atoms with Crippen LogP contribution in [0, 0.1) is 0 Å². The highest BCUT2D eigenvalue weighted by molar-refractivity contribution is 5.95. The van der Waals surface area contributed by atoms with E-state index in [0.717, 1.165) is 11.3 Å². The van der Waals surface area contributed by atoms with E-state index in [-0.39, 0.29) is 12.7 Å². The minimum atomic E-state index is -0.319. The molecule has 0 fully saturated rings. The summed E-state index contributed by atoms with van der Waals surface area (Å²) >= 11 is 0. The molecule has 2 aromatic rings. The van der Waals surface area contributed by atoms with E-state index < -0.39 is 0 Å². The first-order valence-electron chi connectivity index (χ1n) is 7.22. The first-order chi connectivity index (χ1) is 11.3. The zero-order valence-electron chi connectivity index (χ0n) is 12.6. The van der Waals surface area contributed by atoms with Crippen LogP contribution >= 0.6 is 0 Å². The van der Waals surface area contributed by atoms with Gasteiger partial charge in [-0.3, -0.25) is 4.79 Å². The molecule has 1 amide bonds. The van der Waals surface area contributed by atoms with Gasteiger partial charge in [-0.2, -0.15) is 5.10 Å². The van der Waals surface area contributed by atoms with Crippen molar-refractivity contribution < 1.29 is 19.0 Å². The molecule has 0 aliphatic carbocycles. The van der Waals surface area contributed by atoms with Crippen molar-refractivity contribution in [3.05, 3.63) is 53.6 Å². The number of amides is 1. The maximum atomic E-state index is 12.1. The molecule has 6 heteroatoms. The van der Waals surface area contributed by atoms with Crippen molar-refractivity contribution in [1.29, 1.82) is 0 Å². The molecular formula is C17H16N2O4. The van der Waals surface area contributed by atoms with Crippen LogP contribution < -0.4 is 19.6 Å². The van der Waals surface area contributed by atoms with Crippen molar-refractivity contribution >= 4 is 12.1 Å². The first-order valence-corrected chi connectivity index (χ1v) is 7.22. The Bertz CT molecular complexity index is 743. The van der Waals surface area contributed by atoms with E-state index in [1.807, 2.05) is 31.2 Å². The highest BCUT2D eigenvalue weighted by atomic mass is 16.7. The molecule has 0 unspecified atom stereocenters. The minimum Gasteiger partial charge on any atom is -0.494 e. The van der Waals surface area contributed by atoms with Crippen LogP contribution in [-0.2, 0) is 0 Å². The number of hydrogen-bond donors (Lipinski definition) is 1. The van der Waals surface area contributed by atoms with E-state index in [1.54, 1.807) is 24.4 Å². The Morgan fingerprint density at radius 2 is 2.13 bits per heavy atom. The van der Waals surface area contributed by atoms with Crippen molar-refractivity contribution in [1.82, 2.24) is 5.43 Å². The number of hydrazone groups is 1. The normalized spacial score (nSPS) is 12.4. The Hall–Kier alpha value is -3.02. The van der Waals surface area contributed by atoms with Crippen LogP contribution in [0.2, 0.25) is 0 Å². The SMILES string of the molecule is CCOc1cccc(/C=N/NC(=O)c2ccc3c(c2)OCO3)c1. The van der Waals surface area contributed by atoms with Crippen LogP contribution in [0.5, 0.6) is 17.2 Å². The van der Waals surface area contributed by atoms with Gasteiger partial charge in [-0.1, -0.05) is 12.1 Å². The fourth-order valence-electron chi connectivity index (χ4n) is 2.12. The number of nitrogens with zero attached hydrogens (tertiary/aromatic N) is 1. The third-order valence-corrected chi connectivity index (χ3v) is 3.18. The molecule has 0 spiro atoms. The average Bonchev–Trinajstić information content (AvgIpc) is 3.03. The molecule has 0 saturated carbocycles. The maximum absolute atomic E-state index is 12.1. The highest BCUT2D eigenvalue weighted by Crippen LogP contribution is 2.32. The van der Waals surface area contributed by atoms with Gasteiger partial charge in [-0.25, -0.2) is 5.43 Å². The molecule has 118 valence electrons. The van der Waals surface area contributed by atoms with Gasteiger partial charge >= 0.3 is 0 Å². The summed E-state index contributed by atoms with van der Waals surface area (Å²) < 4.78 is 15.9. The predicted octanol–water partition coefficient (Wildman–Crippen LogP) is 2.58. The van der Waals surface area contributed by atoms with E-state index >= 15 is 0 Å². The van der Waals surface area contributed by atoms with Crippen LogP contribution in [0.25, 0.3) is 0 Å². The minimum absolute atomic E-state index is 0.175. The molecule has 23 heavy (non-hydrogen) atoms. The number of hydrogen-bond acceptors (Lipinski definition) is 5. The maximum Gasteiger partial charge on any atom is 0.271 e. The van der Waals surface area contributed by atoms with Gasteiger partial charge in [0.2, 0.25) is 6.79 Å². The summed E-state index contributed by atoms with van der Waals surface area (Å²) in [6, 6.07) is 12.4. The van der Waals surface area contributed by atoms with Gasteiger partial charge in [0.15, 0.2) is 11.5 Å². The fourth-order valence-corrected chi connectivity index (χ4v) is 2.12. The lowest BCUT2D eigenvalue weighted by Gasteiger charge is -2.03. The van der Waals surface area contributed by atoms with Gasteiger partial charge in [-0.15, -0.1) is 0 Å². The lowest BCUT2D eigenvalue weighted by Crippen LogP contribution is -2.17. The van der Waals surface area contributed by atoms with Crippen molar-refractivity contribution in [2.24, 2.45) is 5.10 Å². The van der Waals surface area contributed by atoms with Gasteiger partial charge in [0, 0.05) is 5.56 Å². The second kappa shape index (κ2) is 6.83. The molecular weight excluding hydrogens is 296 g/mol. The summed E-state index contributed by atoms with van der Waals surface area (Å²) in [7, 11) is 0. The van der Waals surface area contributed by atoms with Gasteiger partial charge in [0.1, 0.15) is 5.75 Å². The van der Waals surface area contributed by atoms with Gasteiger partial charge < -0.3 is 14.2 Å². The summed E-state index contributed by atoms with van der Waals surface area (Å²) in [6.45, 7) is 2.70. The van der Waals surface area contributed by atoms with Crippen LogP contribution in [0.4, 0.5) is 0 Å². The van der Waals surface area contributed by atoms with Crippen molar-refractivity contribution in [2.45, 2.75) is 6.92 Å². The molecule has 2 aromatic carbocycles. The van der Waals surface area contributed by atoms with Gasteiger partial charge in [-0.05, 0) is 42.8 Å². The lowest BCUT2D eigenvalue weighted by molar-refractivity contribution is 0.0954. The second-order valence-corrected chi connectivity index (χ2v) is 4.77. The van der Waals surface area contributed by atoms with Crippen LogP contribution in [0.3, 0.4) is 0 Å². The summed E-state index contributed by atoms with van der Waals surface area (Å²) in [5.74, 6) is 1.64. The molecule has 6 nitrogen and oxygen atoms in total. The number of benzene rings is 2. The Labute approximate surface area is 133 Å². The Balaban J connectivity index is 1.63. The molecule has 1 N–H and O–H groups in total. The zero-order chi connectivity index (χ0) is 16.1. The van der Waals surface area contributed by atoms with Gasteiger partial charge in [0.05, 0.1) is 12.8 Å². The average molecular weight is 312 g/mol. The summed E-state index contributed by atoms with van der Waals surface area (Å²) in [6.07, 6.45) is 1.56. The molecule has 1 aliphatic heterocycles. The third-order valence-electron chi connectivity index (χ3n) is 3.18. The summed E-state index contributed by atoms with van der Waals surface area (Å²) in [5, 5.41) is 3.96. The Morgan fingerprint density at radius 3 is 3.00 bits per heavy atom. The van der Waals surface area contributed by atoms with Crippen LogP contribution in [0.1, 0.15) is 22.8 Å². The number of fused-ring (bicyclic) bond motifs is 1. The van der Waals surface area contributed by atoms with Gasteiger partial charge in [0.25, 0.3) is 5.91 Å². The molecule has 1 heterocycles. The van der Waals surface area contributed by atoms with E-state index in [9.17, 15) is 4.79 Å². The number of carbonyl (C=O) groups is 1. The molecule has 3 rings (SSSR count). The Morgan fingerprint density at radius 1 is 1.26 bits per heavy atom. The van der Waals surface area contributed by atoms with Crippen molar-refractivity contribution in [3.8, 4) is 17.2 Å². The number of ether oxygens (including phenoxy) is 3. The molecule has 0 saturated heterocycles. The molecule has 0 bridgehead atoms. The highest BCUT2D eigenvalue weighted by Gasteiger charge is 2.15. The van der Waals surface area contributed by atoms with Crippen molar-refractivity contribution in [2.75, 3.05) is 13.4 Å². The topological polar surface area (TPSA) is 69.2 Å². The summed E-state index contributed by atoms with van der Waals surface area (Å²) in [5.41, 5.74) is 3.77. The van der Waals surface area contributed by atoms with E-state index in [0.29, 0.717) is 23.7 Å². The van der Waals surface area contributed by atoms with E-state index in [2.05, 4.69) is 10.5 Å². The van der Waals surface area contributed by atoms with Crippen LogP contribution in [0.15, 0.2) is 47.6 Å². The molecule has 1 aliphatic rings.